The highest BCUT2D eigenvalue weighted by atomic mass is 32.2. The second-order valence-electron chi connectivity index (χ2n) is 7.22. The molecule has 0 radical (unpaired) electrons. The van der Waals surface area contributed by atoms with E-state index in [1.165, 1.54) is 43.0 Å². The number of nitrogens with zero attached hydrogens (tertiary/aromatic N) is 4. The third kappa shape index (κ3) is 5.16. The van der Waals surface area contributed by atoms with Crippen LogP contribution in [0.4, 0.5) is 0 Å². The van der Waals surface area contributed by atoms with Crippen LogP contribution in [0.3, 0.4) is 0 Å². The fourth-order valence-corrected chi connectivity index (χ4v) is 4.31. The minimum absolute atomic E-state index is 0.0157. The van der Waals surface area contributed by atoms with Crippen molar-refractivity contribution in [3.8, 4) is 17.1 Å². The number of amides is 1. The summed E-state index contributed by atoms with van der Waals surface area (Å²) in [4.78, 5) is 16.6. The standard InChI is InChI=1S/C23H25N5OS/c29-21(25-15-13-18-8-3-1-4-9-18)17-30-23-27-26-22(19-10-7-14-24-16-19)28(23)20-11-5-2-6-12-20/h2,5-8,10-12,14,16H,1,3-4,9,13,15,17H2,(H,25,29). The molecule has 1 N–H and O–H groups in total. The number of thioether (sulfide) groups is 1. The van der Waals surface area contributed by atoms with Gasteiger partial charge in [-0.3, -0.25) is 14.3 Å². The van der Waals surface area contributed by atoms with Gasteiger partial charge in [-0.15, -0.1) is 10.2 Å². The average molecular weight is 420 g/mol. The predicted octanol–water partition coefficient (Wildman–Crippen LogP) is 4.43. The van der Waals surface area contributed by atoms with Crippen LogP contribution in [0, 0.1) is 0 Å². The molecule has 7 heteroatoms. The minimum atomic E-state index is 0.0157. The molecule has 0 saturated carbocycles. The maximum Gasteiger partial charge on any atom is 0.230 e. The van der Waals surface area contributed by atoms with Crippen molar-refractivity contribution in [1.82, 2.24) is 25.1 Å². The van der Waals surface area contributed by atoms with Crippen molar-refractivity contribution in [1.29, 1.82) is 0 Å². The summed E-state index contributed by atoms with van der Waals surface area (Å²) in [6.45, 7) is 0.692. The Balaban J connectivity index is 1.43. The number of hydrogen-bond donors (Lipinski definition) is 1. The number of para-hydroxylation sites is 1. The first kappa shape index (κ1) is 20.3. The summed E-state index contributed by atoms with van der Waals surface area (Å²) in [6.07, 6.45) is 11.7. The molecule has 0 unspecified atom stereocenters. The summed E-state index contributed by atoms with van der Waals surface area (Å²) in [5.41, 5.74) is 3.30. The highest BCUT2D eigenvalue weighted by Gasteiger charge is 2.17. The van der Waals surface area contributed by atoms with Crippen LogP contribution in [0.2, 0.25) is 0 Å². The molecular weight excluding hydrogens is 394 g/mol. The molecule has 6 nitrogen and oxygen atoms in total. The molecule has 1 aliphatic rings. The van der Waals surface area contributed by atoms with E-state index in [2.05, 4.69) is 26.6 Å². The van der Waals surface area contributed by atoms with Crippen LogP contribution >= 0.6 is 11.8 Å². The molecule has 1 aromatic carbocycles. The first-order valence-corrected chi connectivity index (χ1v) is 11.3. The van der Waals surface area contributed by atoms with Gasteiger partial charge in [-0.25, -0.2) is 0 Å². The monoisotopic (exact) mass is 419 g/mol. The van der Waals surface area contributed by atoms with Crippen molar-refractivity contribution in [2.45, 2.75) is 37.3 Å². The highest BCUT2D eigenvalue weighted by molar-refractivity contribution is 7.99. The molecule has 3 aromatic rings. The zero-order valence-electron chi connectivity index (χ0n) is 16.8. The molecule has 30 heavy (non-hydrogen) atoms. The summed E-state index contributed by atoms with van der Waals surface area (Å²) >= 11 is 1.39. The molecule has 154 valence electrons. The minimum Gasteiger partial charge on any atom is -0.355 e. The Morgan fingerprint density at radius 3 is 2.77 bits per heavy atom. The van der Waals surface area contributed by atoms with Gasteiger partial charge in [0.2, 0.25) is 5.91 Å². The largest absolute Gasteiger partial charge is 0.355 e. The van der Waals surface area contributed by atoms with Gasteiger partial charge >= 0.3 is 0 Å². The van der Waals surface area contributed by atoms with E-state index < -0.39 is 0 Å². The van der Waals surface area contributed by atoms with Gasteiger partial charge in [-0.1, -0.05) is 41.6 Å². The highest BCUT2D eigenvalue weighted by Crippen LogP contribution is 2.27. The lowest BCUT2D eigenvalue weighted by Crippen LogP contribution is -2.26. The van der Waals surface area contributed by atoms with Gasteiger partial charge in [-0.2, -0.15) is 0 Å². The smallest absolute Gasteiger partial charge is 0.230 e. The van der Waals surface area contributed by atoms with Gasteiger partial charge in [0.1, 0.15) is 0 Å². The number of aromatic nitrogens is 4. The van der Waals surface area contributed by atoms with Crippen LogP contribution in [-0.2, 0) is 4.79 Å². The van der Waals surface area contributed by atoms with Gasteiger partial charge < -0.3 is 5.32 Å². The first-order chi connectivity index (χ1) is 14.8. The zero-order chi connectivity index (χ0) is 20.6. The average Bonchev–Trinajstić information content (AvgIpc) is 3.23. The van der Waals surface area contributed by atoms with Gasteiger partial charge in [0.25, 0.3) is 0 Å². The number of nitrogens with one attached hydrogen (secondary N) is 1. The van der Waals surface area contributed by atoms with E-state index >= 15 is 0 Å². The second kappa shape index (κ2) is 10.2. The molecule has 4 rings (SSSR count). The number of hydrogen-bond acceptors (Lipinski definition) is 5. The molecule has 0 spiro atoms. The van der Waals surface area contributed by atoms with E-state index in [0.29, 0.717) is 23.3 Å². The third-order valence-electron chi connectivity index (χ3n) is 5.05. The Labute approximate surface area is 180 Å². The fraction of sp³-hybridized carbons (Fsp3) is 0.304. The van der Waals surface area contributed by atoms with Crippen LogP contribution in [0.25, 0.3) is 17.1 Å². The van der Waals surface area contributed by atoms with Crippen molar-refractivity contribution in [2.24, 2.45) is 0 Å². The Morgan fingerprint density at radius 1 is 1.10 bits per heavy atom. The SMILES string of the molecule is O=C(CSc1nnc(-c2cccnc2)n1-c1ccccc1)NCCC1=CCCCC1. The molecule has 1 amide bonds. The van der Waals surface area contributed by atoms with Gasteiger partial charge in [-0.05, 0) is 56.4 Å². The molecule has 1 aliphatic carbocycles. The van der Waals surface area contributed by atoms with Gasteiger partial charge in [0.15, 0.2) is 11.0 Å². The molecule has 2 aromatic heterocycles. The lowest BCUT2D eigenvalue weighted by Gasteiger charge is -2.13. The number of pyridine rings is 1. The summed E-state index contributed by atoms with van der Waals surface area (Å²) < 4.78 is 1.97. The van der Waals surface area contributed by atoms with Crippen LogP contribution in [0.1, 0.15) is 32.1 Å². The van der Waals surface area contributed by atoms with Crippen molar-refractivity contribution in [3.05, 3.63) is 66.5 Å². The van der Waals surface area contributed by atoms with E-state index in [4.69, 9.17) is 0 Å². The molecule has 0 bridgehead atoms. The summed E-state index contributed by atoms with van der Waals surface area (Å²) in [6, 6.07) is 13.8. The van der Waals surface area contributed by atoms with E-state index in [1.54, 1.807) is 12.4 Å². The molecular formula is C23H25N5OS. The zero-order valence-corrected chi connectivity index (χ0v) is 17.6. The maximum atomic E-state index is 12.4. The van der Waals surface area contributed by atoms with E-state index in [9.17, 15) is 4.79 Å². The summed E-state index contributed by atoms with van der Waals surface area (Å²) in [5, 5.41) is 12.4. The summed E-state index contributed by atoms with van der Waals surface area (Å²) in [7, 11) is 0. The maximum absolute atomic E-state index is 12.4. The summed E-state index contributed by atoms with van der Waals surface area (Å²) in [5.74, 6) is 1.03. The predicted molar refractivity (Wildman–Crippen MR) is 119 cm³/mol. The molecule has 2 heterocycles. The second-order valence-corrected chi connectivity index (χ2v) is 8.16. The lowest BCUT2D eigenvalue weighted by molar-refractivity contribution is -0.118. The van der Waals surface area contributed by atoms with Crippen molar-refractivity contribution in [3.63, 3.8) is 0 Å². The van der Waals surface area contributed by atoms with Crippen LogP contribution < -0.4 is 5.32 Å². The fourth-order valence-electron chi connectivity index (χ4n) is 3.53. The molecule has 0 atom stereocenters. The number of allylic oxidation sites excluding steroid dienone is 1. The number of carbonyl (C=O) groups excluding carboxylic acids is 1. The Hall–Kier alpha value is -2.93. The van der Waals surface area contributed by atoms with Crippen LogP contribution in [0.15, 0.2) is 71.7 Å². The van der Waals surface area contributed by atoms with Crippen molar-refractivity contribution >= 4 is 17.7 Å². The Morgan fingerprint density at radius 2 is 2.00 bits per heavy atom. The Bertz CT molecular complexity index is 1000. The van der Waals surface area contributed by atoms with Gasteiger partial charge in [0, 0.05) is 30.2 Å². The van der Waals surface area contributed by atoms with Crippen molar-refractivity contribution in [2.75, 3.05) is 12.3 Å². The third-order valence-corrected chi connectivity index (χ3v) is 5.98. The van der Waals surface area contributed by atoms with E-state index in [1.807, 2.05) is 47.0 Å². The van der Waals surface area contributed by atoms with Gasteiger partial charge in [0.05, 0.1) is 5.75 Å². The van der Waals surface area contributed by atoms with Crippen molar-refractivity contribution < 1.29 is 4.79 Å². The molecule has 0 aliphatic heterocycles. The quantitative estimate of drug-likeness (QED) is 0.432. The van der Waals surface area contributed by atoms with Crippen LogP contribution in [-0.4, -0.2) is 38.0 Å². The Kier molecular flexibility index (Phi) is 6.92. The first-order valence-electron chi connectivity index (χ1n) is 10.3. The van der Waals surface area contributed by atoms with E-state index in [-0.39, 0.29) is 5.91 Å². The normalized spacial score (nSPS) is 13.7. The lowest BCUT2D eigenvalue weighted by atomic mass is 9.97. The molecule has 0 fully saturated rings. The van der Waals surface area contributed by atoms with Crippen LogP contribution in [0.5, 0.6) is 0 Å². The van der Waals surface area contributed by atoms with E-state index in [0.717, 1.165) is 17.7 Å². The number of carbonyl (C=O) groups is 1. The number of benzene rings is 1. The number of rotatable bonds is 8. The molecule has 0 saturated heterocycles. The topological polar surface area (TPSA) is 72.7 Å².